The van der Waals surface area contributed by atoms with Crippen LogP contribution < -0.4 is 0 Å². The van der Waals surface area contributed by atoms with Gasteiger partial charge < -0.3 is 14.2 Å². The summed E-state index contributed by atoms with van der Waals surface area (Å²) >= 11 is 0. The van der Waals surface area contributed by atoms with E-state index in [0.29, 0.717) is 19.3 Å². The van der Waals surface area contributed by atoms with E-state index in [9.17, 15) is 14.4 Å². The van der Waals surface area contributed by atoms with Crippen LogP contribution in [0.4, 0.5) is 0 Å². The molecule has 6 nitrogen and oxygen atoms in total. The van der Waals surface area contributed by atoms with Crippen molar-refractivity contribution in [2.75, 3.05) is 13.2 Å². The highest BCUT2D eigenvalue weighted by Gasteiger charge is 2.19. The van der Waals surface area contributed by atoms with Crippen molar-refractivity contribution >= 4 is 17.9 Å². The zero-order valence-corrected chi connectivity index (χ0v) is 49.6. The third kappa shape index (κ3) is 61.3. The van der Waals surface area contributed by atoms with Gasteiger partial charge in [0.1, 0.15) is 13.2 Å². The SMILES string of the molecule is CC/C=C\C/C=C\C/C=C\C/C=C\CCCCCCCCCCCCCCCCC(=O)OCC(COC(=O)CCCCCCC/C=C\CCCCCCCC)OC(=O)CCCCCCC/C=C\C/C=C\CCCCC. The van der Waals surface area contributed by atoms with Crippen molar-refractivity contribution in [3.63, 3.8) is 0 Å². The summed E-state index contributed by atoms with van der Waals surface area (Å²) in [6.45, 7) is 6.51. The first-order valence-electron chi connectivity index (χ1n) is 32.1. The molecule has 0 aliphatic rings. The van der Waals surface area contributed by atoms with Gasteiger partial charge in [-0.2, -0.15) is 0 Å². The Morgan fingerprint density at radius 1 is 0.280 bits per heavy atom. The molecule has 0 saturated heterocycles. The third-order valence-electron chi connectivity index (χ3n) is 13.9. The second-order valence-corrected chi connectivity index (χ2v) is 21.3. The highest BCUT2D eigenvalue weighted by molar-refractivity contribution is 5.71. The molecule has 432 valence electrons. The van der Waals surface area contributed by atoms with Crippen LogP contribution in [0.1, 0.15) is 316 Å². The fourth-order valence-corrected chi connectivity index (χ4v) is 9.05. The largest absolute Gasteiger partial charge is 0.462 e. The van der Waals surface area contributed by atoms with E-state index >= 15 is 0 Å². The molecule has 0 aromatic carbocycles. The van der Waals surface area contributed by atoms with Crippen molar-refractivity contribution in [3.05, 3.63) is 85.1 Å². The van der Waals surface area contributed by atoms with Crippen LogP contribution >= 0.6 is 0 Å². The van der Waals surface area contributed by atoms with E-state index in [2.05, 4.69) is 106 Å². The van der Waals surface area contributed by atoms with E-state index in [1.165, 1.54) is 161 Å². The van der Waals surface area contributed by atoms with Gasteiger partial charge in [0.15, 0.2) is 6.10 Å². The third-order valence-corrected chi connectivity index (χ3v) is 13.9. The molecule has 0 aromatic rings. The van der Waals surface area contributed by atoms with Crippen LogP contribution in [-0.2, 0) is 28.6 Å². The molecule has 0 aliphatic heterocycles. The molecule has 0 aromatic heterocycles. The minimum Gasteiger partial charge on any atom is -0.462 e. The van der Waals surface area contributed by atoms with Gasteiger partial charge in [0, 0.05) is 19.3 Å². The first kappa shape index (κ1) is 71.6. The average molecular weight is 1050 g/mol. The molecule has 0 heterocycles. The van der Waals surface area contributed by atoms with Gasteiger partial charge in [-0.25, -0.2) is 0 Å². The highest BCUT2D eigenvalue weighted by atomic mass is 16.6. The predicted molar refractivity (Wildman–Crippen MR) is 325 cm³/mol. The monoisotopic (exact) mass is 1040 g/mol. The van der Waals surface area contributed by atoms with Crippen LogP contribution in [0.25, 0.3) is 0 Å². The number of carbonyl (C=O) groups is 3. The molecular weight excluding hydrogens is 925 g/mol. The maximum absolute atomic E-state index is 12.9. The minimum absolute atomic E-state index is 0.0832. The summed E-state index contributed by atoms with van der Waals surface area (Å²) in [6, 6.07) is 0. The number of ether oxygens (including phenoxy) is 3. The Kier molecular flexibility index (Phi) is 60.3. The number of rotatable bonds is 58. The van der Waals surface area contributed by atoms with Crippen molar-refractivity contribution in [3.8, 4) is 0 Å². The normalized spacial score (nSPS) is 12.6. The number of allylic oxidation sites excluding steroid dienone is 14. The summed E-state index contributed by atoms with van der Waals surface area (Å²) in [5.74, 6) is -0.894. The van der Waals surface area contributed by atoms with E-state index in [4.69, 9.17) is 14.2 Å². The summed E-state index contributed by atoms with van der Waals surface area (Å²) in [4.78, 5) is 38.3. The smallest absolute Gasteiger partial charge is 0.306 e. The van der Waals surface area contributed by atoms with E-state index in [0.717, 1.165) is 116 Å². The van der Waals surface area contributed by atoms with Crippen molar-refractivity contribution in [2.45, 2.75) is 322 Å². The van der Waals surface area contributed by atoms with Crippen LogP contribution in [0.5, 0.6) is 0 Å². The molecule has 1 unspecified atom stereocenters. The second kappa shape index (κ2) is 63.1. The molecule has 6 heteroatoms. The Morgan fingerprint density at radius 3 is 0.853 bits per heavy atom. The summed E-state index contributed by atoms with van der Waals surface area (Å²) in [7, 11) is 0. The predicted octanol–water partition coefficient (Wildman–Crippen LogP) is 21.9. The van der Waals surface area contributed by atoms with E-state index < -0.39 is 6.10 Å². The molecule has 0 rings (SSSR count). The summed E-state index contributed by atoms with van der Waals surface area (Å²) in [6.07, 6.45) is 83.0. The van der Waals surface area contributed by atoms with E-state index in [-0.39, 0.29) is 31.1 Å². The Morgan fingerprint density at radius 2 is 0.520 bits per heavy atom. The lowest BCUT2D eigenvalue weighted by Gasteiger charge is -2.18. The molecular formula is C69H120O6. The highest BCUT2D eigenvalue weighted by Crippen LogP contribution is 2.16. The average Bonchev–Trinajstić information content (AvgIpc) is 3.41. The van der Waals surface area contributed by atoms with Gasteiger partial charge in [0.05, 0.1) is 0 Å². The van der Waals surface area contributed by atoms with Crippen molar-refractivity contribution in [1.82, 2.24) is 0 Å². The van der Waals surface area contributed by atoms with Crippen molar-refractivity contribution < 1.29 is 28.6 Å². The molecule has 1 atom stereocenters. The molecule has 0 aliphatic carbocycles. The second-order valence-electron chi connectivity index (χ2n) is 21.3. The molecule has 0 spiro atoms. The summed E-state index contributed by atoms with van der Waals surface area (Å²) in [5.41, 5.74) is 0. The molecule has 0 amide bonds. The van der Waals surface area contributed by atoms with E-state index in [1.807, 2.05) is 0 Å². The molecule has 75 heavy (non-hydrogen) atoms. The summed E-state index contributed by atoms with van der Waals surface area (Å²) in [5, 5.41) is 0. The maximum atomic E-state index is 12.9. The zero-order chi connectivity index (χ0) is 54.3. The fraction of sp³-hybridized carbons (Fsp3) is 0.754. The molecule has 0 radical (unpaired) electrons. The maximum Gasteiger partial charge on any atom is 0.306 e. The van der Waals surface area contributed by atoms with Crippen LogP contribution in [-0.4, -0.2) is 37.2 Å². The Balaban J connectivity index is 4.28. The van der Waals surface area contributed by atoms with Crippen molar-refractivity contribution in [1.29, 1.82) is 0 Å². The lowest BCUT2D eigenvalue weighted by atomic mass is 10.0. The first-order chi connectivity index (χ1) is 37.0. The molecule has 0 N–H and O–H groups in total. The van der Waals surface area contributed by atoms with E-state index in [1.54, 1.807) is 0 Å². The topological polar surface area (TPSA) is 78.9 Å². The molecule has 0 saturated carbocycles. The molecule has 0 bridgehead atoms. The number of hydrogen-bond donors (Lipinski definition) is 0. The van der Waals surface area contributed by atoms with Gasteiger partial charge in [-0.15, -0.1) is 0 Å². The van der Waals surface area contributed by atoms with Crippen LogP contribution in [0.2, 0.25) is 0 Å². The fourth-order valence-electron chi connectivity index (χ4n) is 9.05. The summed E-state index contributed by atoms with van der Waals surface area (Å²) < 4.78 is 16.9. The van der Waals surface area contributed by atoms with Crippen LogP contribution in [0.15, 0.2) is 85.1 Å². The number of esters is 3. The number of unbranched alkanes of at least 4 members (excludes halogenated alkanes) is 33. The quantitative estimate of drug-likeness (QED) is 0.0261. The number of carbonyl (C=O) groups excluding carboxylic acids is 3. The van der Waals surface area contributed by atoms with Gasteiger partial charge >= 0.3 is 17.9 Å². The van der Waals surface area contributed by atoms with Crippen LogP contribution in [0, 0.1) is 0 Å². The van der Waals surface area contributed by atoms with Gasteiger partial charge in [0.2, 0.25) is 0 Å². The van der Waals surface area contributed by atoms with Gasteiger partial charge in [0.25, 0.3) is 0 Å². The lowest BCUT2D eigenvalue weighted by molar-refractivity contribution is -0.167. The zero-order valence-electron chi connectivity index (χ0n) is 49.6. The lowest BCUT2D eigenvalue weighted by Crippen LogP contribution is -2.30. The standard InChI is InChI=1S/C69H120O6/c1-4-7-10-13-16-19-22-25-28-29-30-31-32-33-34-35-36-37-38-39-42-44-47-50-53-56-59-62-68(71)74-65-66(75-69(72)63-60-57-54-51-48-45-41-27-24-21-18-15-12-9-6-3)64-73-67(70)61-58-55-52-49-46-43-40-26-23-20-17-14-11-8-5-2/h7,10,16,18-19,21,25-28,30-31,40-41,66H,4-6,8-9,11-15,17,20,22-24,29,32-39,42-65H2,1-3H3/b10-7-,19-16-,21-18-,28-25-,31-30-,40-26-,41-27-. The molecule has 0 fully saturated rings. The van der Waals surface area contributed by atoms with Gasteiger partial charge in [-0.3, -0.25) is 14.4 Å². The number of hydrogen-bond acceptors (Lipinski definition) is 6. The first-order valence-corrected chi connectivity index (χ1v) is 32.1. The van der Waals surface area contributed by atoms with Gasteiger partial charge in [-0.1, -0.05) is 266 Å². The minimum atomic E-state index is -0.787. The van der Waals surface area contributed by atoms with Gasteiger partial charge in [-0.05, 0) is 116 Å². The Hall–Kier alpha value is -3.41. The Labute approximate surface area is 465 Å². The Bertz CT molecular complexity index is 1430. The van der Waals surface area contributed by atoms with Crippen LogP contribution in [0.3, 0.4) is 0 Å². The van der Waals surface area contributed by atoms with Crippen molar-refractivity contribution in [2.24, 2.45) is 0 Å².